The van der Waals surface area contributed by atoms with Gasteiger partial charge in [0.2, 0.25) is 0 Å². The number of benzene rings is 3. The minimum Gasteiger partial charge on any atom is -0.445 e. The lowest BCUT2D eigenvalue weighted by molar-refractivity contribution is -0.384. The van der Waals surface area contributed by atoms with E-state index in [-0.39, 0.29) is 30.5 Å². The first-order chi connectivity index (χ1) is 21.5. The summed E-state index contributed by atoms with van der Waals surface area (Å²) in [5, 5.41) is 13.2. The second-order valence-corrected chi connectivity index (χ2v) is 12.1. The highest BCUT2D eigenvalue weighted by Crippen LogP contribution is 2.48. The van der Waals surface area contributed by atoms with Gasteiger partial charge in [-0.25, -0.2) is 4.79 Å². The monoisotopic (exact) mass is 596 g/mol. The topological polar surface area (TPSA) is 88.4 Å². The van der Waals surface area contributed by atoms with Crippen LogP contribution in [0.3, 0.4) is 0 Å². The maximum atomic E-state index is 13.1. The van der Waals surface area contributed by atoms with Gasteiger partial charge in [0.05, 0.1) is 4.92 Å². The molecule has 1 amide bonds. The van der Waals surface area contributed by atoms with E-state index in [0.717, 1.165) is 45.4 Å². The molecular formula is C35H40N4O5. The second kappa shape index (κ2) is 13.7. The molecule has 0 aromatic heterocycles. The third kappa shape index (κ3) is 6.70. The van der Waals surface area contributed by atoms with Gasteiger partial charge < -0.3 is 14.5 Å². The molecule has 9 nitrogen and oxygen atoms in total. The van der Waals surface area contributed by atoms with E-state index in [2.05, 4.69) is 71.1 Å². The lowest BCUT2D eigenvalue weighted by Crippen LogP contribution is -2.48. The standard InChI is InChI=1S/C35H40N4O5/c1-2-19-37(35(40)43-25-26-13-15-31(16-14-26)39(41)42)30-17-20-36(21-18-30)23-29-24-38-32(34(29)28-11-7-4-8-12-28)22-33(44-38)27-9-5-3-6-10-27/h2-16,29-30,32-34H,1,17-25H2/t29?,32-,33-,34+/m0/s1. The van der Waals surface area contributed by atoms with Crippen molar-refractivity contribution in [3.05, 3.63) is 124 Å². The van der Waals surface area contributed by atoms with Gasteiger partial charge in [-0.15, -0.1) is 6.58 Å². The molecule has 6 rings (SSSR count). The van der Waals surface area contributed by atoms with Gasteiger partial charge in [-0.1, -0.05) is 66.7 Å². The molecule has 3 aliphatic rings. The molecule has 44 heavy (non-hydrogen) atoms. The van der Waals surface area contributed by atoms with Gasteiger partial charge in [-0.2, -0.15) is 5.06 Å². The summed E-state index contributed by atoms with van der Waals surface area (Å²) < 4.78 is 5.61. The van der Waals surface area contributed by atoms with Crippen LogP contribution in [-0.4, -0.2) is 70.7 Å². The smallest absolute Gasteiger partial charge is 0.410 e. The number of carbonyl (C=O) groups is 1. The summed E-state index contributed by atoms with van der Waals surface area (Å²) in [5.41, 5.74) is 3.34. The summed E-state index contributed by atoms with van der Waals surface area (Å²) in [4.78, 5) is 34.4. The van der Waals surface area contributed by atoms with Crippen LogP contribution in [-0.2, 0) is 16.2 Å². The van der Waals surface area contributed by atoms with Gasteiger partial charge in [0.15, 0.2) is 0 Å². The van der Waals surface area contributed by atoms with Crippen molar-refractivity contribution < 1.29 is 19.3 Å². The van der Waals surface area contributed by atoms with Gasteiger partial charge in [0.1, 0.15) is 12.7 Å². The SMILES string of the molecule is C=CCN(C(=O)OCc1ccc([N+](=O)[O-])cc1)C1CCN(CC2CN3O[C@H](c4ccccc4)C[C@H]3[C@@H]2c2ccccc2)CC1. The number of likely N-dealkylation sites (tertiary alicyclic amines) is 1. The normalized spacial score (nSPS) is 24.1. The van der Waals surface area contributed by atoms with Crippen LogP contribution < -0.4 is 0 Å². The highest BCUT2D eigenvalue weighted by molar-refractivity contribution is 5.68. The van der Waals surface area contributed by atoms with E-state index in [4.69, 9.17) is 9.57 Å². The number of nitrogens with zero attached hydrogens (tertiary/aromatic N) is 4. The number of hydrogen-bond acceptors (Lipinski definition) is 7. The van der Waals surface area contributed by atoms with E-state index in [1.54, 1.807) is 23.1 Å². The lowest BCUT2D eigenvalue weighted by Gasteiger charge is -2.39. The molecule has 0 radical (unpaired) electrons. The first-order valence-electron chi connectivity index (χ1n) is 15.5. The number of carbonyl (C=O) groups excluding carboxylic acids is 1. The predicted molar refractivity (Wildman–Crippen MR) is 168 cm³/mol. The number of non-ortho nitro benzene ring substituents is 1. The minimum absolute atomic E-state index is 0.0112. The zero-order valence-corrected chi connectivity index (χ0v) is 24.9. The number of rotatable bonds is 10. The summed E-state index contributed by atoms with van der Waals surface area (Å²) in [5.74, 6) is 0.848. The molecule has 3 aromatic carbocycles. The van der Waals surface area contributed by atoms with E-state index < -0.39 is 4.92 Å². The van der Waals surface area contributed by atoms with Crippen LogP contribution in [0.25, 0.3) is 0 Å². The maximum absolute atomic E-state index is 13.1. The molecule has 1 unspecified atom stereocenters. The molecule has 230 valence electrons. The second-order valence-electron chi connectivity index (χ2n) is 12.1. The molecule has 0 aliphatic carbocycles. The Morgan fingerprint density at radius 2 is 1.66 bits per heavy atom. The fraction of sp³-hybridized carbons (Fsp3) is 0.400. The molecule has 3 fully saturated rings. The van der Waals surface area contributed by atoms with Crippen LogP contribution in [0.2, 0.25) is 0 Å². The molecule has 3 heterocycles. The van der Waals surface area contributed by atoms with Gasteiger partial charge in [0, 0.05) is 62.9 Å². The molecule has 4 atom stereocenters. The Balaban J connectivity index is 1.05. The predicted octanol–water partition coefficient (Wildman–Crippen LogP) is 6.34. The molecule has 0 saturated carbocycles. The number of nitro benzene ring substituents is 1. The number of piperidine rings is 1. The Bertz CT molecular complexity index is 1410. The van der Waals surface area contributed by atoms with Crippen molar-refractivity contribution in [2.45, 2.75) is 50.0 Å². The number of ether oxygens (including phenoxy) is 1. The summed E-state index contributed by atoms with van der Waals surface area (Å²) in [6.07, 6.45) is 4.16. The van der Waals surface area contributed by atoms with Crippen LogP contribution in [0.15, 0.2) is 97.6 Å². The van der Waals surface area contributed by atoms with Crippen molar-refractivity contribution in [3.8, 4) is 0 Å². The number of hydroxylamine groups is 2. The Hall–Kier alpha value is -4.05. The molecule has 3 aromatic rings. The first kappa shape index (κ1) is 30.0. The third-order valence-corrected chi connectivity index (χ3v) is 9.34. The van der Waals surface area contributed by atoms with Crippen molar-refractivity contribution in [2.75, 3.05) is 32.7 Å². The zero-order valence-electron chi connectivity index (χ0n) is 24.9. The molecule has 0 N–H and O–H groups in total. The van der Waals surface area contributed by atoms with Crippen LogP contribution in [0.5, 0.6) is 0 Å². The van der Waals surface area contributed by atoms with E-state index in [9.17, 15) is 14.9 Å². The van der Waals surface area contributed by atoms with E-state index in [0.29, 0.717) is 30.0 Å². The Morgan fingerprint density at radius 3 is 2.30 bits per heavy atom. The molecular weight excluding hydrogens is 556 g/mol. The van der Waals surface area contributed by atoms with Gasteiger partial charge >= 0.3 is 6.09 Å². The number of amides is 1. The number of nitro groups is 1. The lowest BCUT2D eigenvalue weighted by atomic mass is 9.81. The van der Waals surface area contributed by atoms with Crippen LogP contribution in [0.4, 0.5) is 10.5 Å². The highest BCUT2D eigenvalue weighted by atomic mass is 16.7. The van der Waals surface area contributed by atoms with Crippen LogP contribution >= 0.6 is 0 Å². The number of fused-ring (bicyclic) bond motifs is 1. The Labute approximate surface area is 258 Å². The number of hydrogen-bond donors (Lipinski definition) is 0. The van der Waals surface area contributed by atoms with Crippen molar-refractivity contribution in [1.82, 2.24) is 14.9 Å². The average molecular weight is 597 g/mol. The zero-order chi connectivity index (χ0) is 30.5. The largest absolute Gasteiger partial charge is 0.445 e. The quantitative estimate of drug-likeness (QED) is 0.153. The van der Waals surface area contributed by atoms with Crippen molar-refractivity contribution >= 4 is 11.8 Å². The highest BCUT2D eigenvalue weighted by Gasteiger charge is 2.49. The third-order valence-electron chi connectivity index (χ3n) is 9.34. The van der Waals surface area contributed by atoms with Gasteiger partial charge in [0.25, 0.3) is 5.69 Å². The van der Waals surface area contributed by atoms with Crippen LogP contribution in [0.1, 0.15) is 48.0 Å². The first-order valence-corrected chi connectivity index (χ1v) is 15.5. The molecule has 3 saturated heterocycles. The van der Waals surface area contributed by atoms with Crippen molar-refractivity contribution in [2.24, 2.45) is 5.92 Å². The van der Waals surface area contributed by atoms with E-state index >= 15 is 0 Å². The van der Waals surface area contributed by atoms with Gasteiger partial charge in [-0.05, 0) is 54.0 Å². The van der Waals surface area contributed by atoms with E-state index in [1.165, 1.54) is 23.3 Å². The average Bonchev–Trinajstić information content (AvgIpc) is 3.62. The Kier molecular flexibility index (Phi) is 9.35. The van der Waals surface area contributed by atoms with Gasteiger partial charge in [-0.3, -0.25) is 15.0 Å². The fourth-order valence-corrected chi connectivity index (χ4v) is 7.19. The summed E-state index contributed by atoms with van der Waals surface area (Å²) in [6, 6.07) is 27.9. The van der Waals surface area contributed by atoms with E-state index in [1.807, 2.05) is 6.07 Å². The minimum atomic E-state index is -0.444. The summed E-state index contributed by atoms with van der Waals surface area (Å²) in [6.45, 7) is 8.05. The fourth-order valence-electron chi connectivity index (χ4n) is 7.19. The summed E-state index contributed by atoms with van der Waals surface area (Å²) >= 11 is 0. The molecule has 0 spiro atoms. The maximum Gasteiger partial charge on any atom is 0.410 e. The molecule has 9 heteroatoms. The van der Waals surface area contributed by atoms with Crippen molar-refractivity contribution in [1.29, 1.82) is 0 Å². The molecule has 0 bridgehead atoms. The summed E-state index contributed by atoms with van der Waals surface area (Å²) in [7, 11) is 0. The van der Waals surface area contributed by atoms with Crippen molar-refractivity contribution in [3.63, 3.8) is 0 Å². The van der Waals surface area contributed by atoms with Crippen LogP contribution in [0, 0.1) is 16.0 Å². The molecule has 3 aliphatic heterocycles. The Morgan fingerprint density at radius 1 is 1.00 bits per heavy atom.